The van der Waals surface area contributed by atoms with E-state index in [0.29, 0.717) is 19.6 Å². The van der Waals surface area contributed by atoms with Crippen LogP contribution in [0.5, 0.6) is 17.2 Å². The van der Waals surface area contributed by atoms with Gasteiger partial charge in [0.05, 0.1) is 47.9 Å². The monoisotopic (exact) mass is 962 g/mol. The zero-order valence-corrected chi connectivity index (χ0v) is 39.4. The summed E-state index contributed by atoms with van der Waals surface area (Å²) in [6, 6.07) is 9.75. The number of phenols is 2. The SMILES string of the molecule is C#C[C@H]1CC(N2CCOC[C@H]2O)C[C@H](OC2C[C@H](C(=O)COC(=O)N(C)CCN(C)C(=O)OCC(C)(C)SSc3ccccn3)Cc3c(O)c4c(c(O)c32)C(=O)c2c(OC)cccc2C4=O)O1. The number of aliphatic hydroxyl groups excluding tert-OH is 1. The van der Waals surface area contributed by atoms with E-state index in [9.17, 15) is 39.3 Å². The second kappa shape index (κ2) is 21.3. The van der Waals surface area contributed by atoms with Crippen LogP contribution in [-0.2, 0) is 34.9 Å². The van der Waals surface area contributed by atoms with Crippen LogP contribution in [0.25, 0.3) is 0 Å². The highest BCUT2D eigenvalue weighted by atomic mass is 33.1. The van der Waals surface area contributed by atoms with Gasteiger partial charge in [-0.25, -0.2) is 14.6 Å². The molecule has 2 saturated heterocycles. The lowest BCUT2D eigenvalue weighted by atomic mass is 9.73. The highest BCUT2D eigenvalue weighted by Gasteiger charge is 2.46. The molecular weight excluding hydrogens is 909 g/mol. The molecule has 358 valence electrons. The van der Waals surface area contributed by atoms with E-state index in [2.05, 4.69) is 10.9 Å². The average Bonchev–Trinajstić information content (AvgIpc) is 3.33. The molecule has 0 radical (unpaired) electrons. The number of phenolic OH excluding ortho intramolecular Hbond substituents is 2. The number of fused-ring (bicyclic) bond motifs is 3. The van der Waals surface area contributed by atoms with Gasteiger partial charge < -0.3 is 53.5 Å². The number of benzene rings is 2. The second-order valence-electron chi connectivity index (χ2n) is 17.3. The molecule has 2 amide bonds. The maximum Gasteiger partial charge on any atom is 0.409 e. The first-order chi connectivity index (χ1) is 32.0. The van der Waals surface area contributed by atoms with E-state index in [-0.39, 0.29) is 79.6 Å². The number of aliphatic hydroxyl groups is 1. The zero-order valence-electron chi connectivity index (χ0n) is 37.8. The van der Waals surface area contributed by atoms with Crippen molar-refractivity contribution in [2.45, 2.75) is 80.1 Å². The minimum absolute atomic E-state index is 0.00452. The number of morpholine rings is 1. The van der Waals surface area contributed by atoms with Crippen LogP contribution in [0.1, 0.15) is 82.2 Å². The van der Waals surface area contributed by atoms with Gasteiger partial charge in [0, 0.05) is 81.4 Å². The van der Waals surface area contributed by atoms with E-state index in [1.54, 1.807) is 6.20 Å². The average molecular weight is 963 g/mol. The quantitative estimate of drug-likeness (QED) is 0.0812. The van der Waals surface area contributed by atoms with Gasteiger partial charge in [0.25, 0.3) is 0 Å². The summed E-state index contributed by atoms with van der Waals surface area (Å²) in [5.74, 6) is -1.55. The molecule has 6 atom stereocenters. The first kappa shape index (κ1) is 49.5. The van der Waals surface area contributed by atoms with Crippen LogP contribution in [0.3, 0.4) is 0 Å². The summed E-state index contributed by atoms with van der Waals surface area (Å²) < 4.78 is 34.1. The molecule has 0 bridgehead atoms. The van der Waals surface area contributed by atoms with Crippen LogP contribution in [0.15, 0.2) is 47.6 Å². The molecule has 3 N–H and O–H groups in total. The van der Waals surface area contributed by atoms with E-state index >= 15 is 0 Å². The predicted molar refractivity (Wildman–Crippen MR) is 244 cm³/mol. The Labute approximate surface area is 395 Å². The largest absolute Gasteiger partial charge is 0.507 e. The van der Waals surface area contributed by atoms with Crippen LogP contribution in [0, 0.1) is 18.3 Å². The van der Waals surface area contributed by atoms with E-state index in [1.807, 2.05) is 36.9 Å². The summed E-state index contributed by atoms with van der Waals surface area (Å²) in [6.45, 7) is 4.36. The number of likely N-dealkylation sites (N-methyl/N-ethyl adjacent to an activating group) is 2. The molecule has 2 aliphatic carbocycles. The first-order valence-electron chi connectivity index (χ1n) is 21.7. The molecule has 0 saturated carbocycles. The third-order valence-corrected chi connectivity index (χ3v) is 15.3. The molecule has 67 heavy (non-hydrogen) atoms. The van der Waals surface area contributed by atoms with Gasteiger partial charge in [0.15, 0.2) is 24.5 Å². The van der Waals surface area contributed by atoms with Crippen LogP contribution in [-0.4, -0.2) is 161 Å². The van der Waals surface area contributed by atoms with Crippen LogP contribution >= 0.6 is 21.6 Å². The summed E-state index contributed by atoms with van der Waals surface area (Å²) in [5.41, 5.74) is -1.01. The Hall–Kier alpha value is -5.40. The Morgan fingerprint density at radius 2 is 1.70 bits per heavy atom. The van der Waals surface area contributed by atoms with Crippen molar-refractivity contribution in [2.24, 2.45) is 5.92 Å². The number of amides is 2. The van der Waals surface area contributed by atoms with Crippen molar-refractivity contribution in [1.29, 1.82) is 0 Å². The molecular formula is C47H54N4O14S2. The van der Waals surface area contributed by atoms with Crippen molar-refractivity contribution in [3.8, 4) is 29.6 Å². The number of terminal acetylenes is 1. The van der Waals surface area contributed by atoms with E-state index in [4.69, 9.17) is 34.8 Å². The summed E-state index contributed by atoms with van der Waals surface area (Å²) in [6.07, 6.45) is 2.44. The smallest absolute Gasteiger partial charge is 0.409 e. The van der Waals surface area contributed by atoms with Gasteiger partial charge in [0.2, 0.25) is 5.78 Å². The van der Waals surface area contributed by atoms with Crippen LogP contribution in [0.2, 0.25) is 0 Å². The molecule has 0 spiro atoms. The third-order valence-electron chi connectivity index (χ3n) is 12.1. The molecule has 3 aromatic rings. The van der Waals surface area contributed by atoms with E-state index < -0.39 is 94.2 Å². The Balaban J connectivity index is 1.05. The highest BCUT2D eigenvalue weighted by Crippen LogP contribution is 2.52. The van der Waals surface area contributed by atoms with Crippen molar-refractivity contribution >= 4 is 51.1 Å². The Morgan fingerprint density at radius 1 is 0.970 bits per heavy atom. The topological polar surface area (TPSA) is 224 Å². The third kappa shape index (κ3) is 11.0. The number of hydrogen-bond acceptors (Lipinski definition) is 18. The maximum atomic E-state index is 14.2. The lowest BCUT2D eigenvalue weighted by Crippen LogP contribution is -2.54. The van der Waals surface area contributed by atoms with Gasteiger partial charge in [-0.3, -0.25) is 19.3 Å². The summed E-state index contributed by atoms with van der Waals surface area (Å²) in [7, 11) is 7.32. The number of hydrogen-bond donors (Lipinski definition) is 3. The number of aromatic hydroxyl groups is 2. The molecule has 2 fully saturated rings. The Bertz CT molecular complexity index is 2410. The van der Waals surface area contributed by atoms with Crippen molar-refractivity contribution < 1.29 is 67.7 Å². The number of nitrogens with zero attached hydrogens (tertiary/aromatic N) is 4. The Kier molecular flexibility index (Phi) is 15.7. The number of carbonyl (C=O) groups excluding carboxylic acids is 5. The molecule has 20 heteroatoms. The number of ketones is 3. The minimum Gasteiger partial charge on any atom is -0.507 e. The van der Waals surface area contributed by atoms with E-state index in [1.165, 1.54) is 70.8 Å². The van der Waals surface area contributed by atoms with Crippen molar-refractivity contribution in [2.75, 3.05) is 67.3 Å². The molecule has 18 nitrogen and oxygen atoms in total. The number of methoxy groups -OCH3 is 1. The first-order valence-corrected chi connectivity index (χ1v) is 23.9. The number of pyridine rings is 1. The van der Waals surface area contributed by atoms with Crippen molar-refractivity contribution in [1.82, 2.24) is 19.7 Å². The molecule has 4 aliphatic rings. The predicted octanol–water partition coefficient (Wildman–Crippen LogP) is 4.98. The lowest BCUT2D eigenvalue weighted by Gasteiger charge is -2.44. The molecule has 2 aliphatic heterocycles. The van der Waals surface area contributed by atoms with Gasteiger partial charge in [-0.1, -0.05) is 34.9 Å². The van der Waals surface area contributed by atoms with Gasteiger partial charge in [-0.15, -0.1) is 6.42 Å². The highest BCUT2D eigenvalue weighted by molar-refractivity contribution is 8.77. The second-order valence-corrected chi connectivity index (χ2v) is 20.2. The molecule has 7 rings (SSSR count). The summed E-state index contributed by atoms with van der Waals surface area (Å²) >= 11 is 0. The van der Waals surface area contributed by atoms with Gasteiger partial charge in [-0.05, 0) is 55.7 Å². The zero-order chi connectivity index (χ0) is 48.2. The maximum absolute atomic E-state index is 14.2. The van der Waals surface area contributed by atoms with Crippen molar-refractivity contribution in [3.05, 3.63) is 76.0 Å². The normalized spacial score (nSPS) is 22.6. The molecule has 3 heterocycles. The fourth-order valence-electron chi connectivity index (χ4n) is 8.55. The number of Topliss-reactive ketones (excluding diaryl/α,β-unsaturated/α-hetero) is 1. The van der Waals surface area contributed by atoms with Crippen molar-refractivity contribution in [3.63, 3.8) is 0 Å². The fourth-order valence-corrected chi connectivity index (χ4v) is 10.6. The number of rotatable bonds is 15. The molecule has 1 aromatic heterocycles. The van der Waals surface area contributed by atoms with E-state index in [0.717, 1.165) is 5.03 Å². The number of ether oxygens (including phenoxy) is 6. The standard InChI is InChI=1S/C47H54N4O14S2/c1-7-28-21-27(51-17-18-61-24-35(51)53)22-36(64-28)65-33-20-26(19-30-38(33)44(57)40-39(42(30)55)41(54)29-11-10-12-32(60-6)37(29)43(40)56)31(52)23-62-45(58)49(4)15-16-50(5)46(59)63-25-47(2,3)67-66-34-13-8-9-14-48-34/h1,8-14,26-28,33,35-36,53,55,57H,15-25H2,2-6H3/t26-,27?,28+,33?,35-,36+/m1/s1. The Morgan fingerprint density at radius 3 is 2.39 bits per heavy atom. The van der Waals surface area contributed by atoms with Gasteiger partial charge in [-0.2, -0.15) is 0 Å². The number of aromatic nitrogens is 1. The molecule has 2 unspecified atom stereocenters. The summed E-state index contributed by atoms with van der Waals surface area (Å²) in [4.78, 5) is 76.9. The number of carbonyl (C=O) groups is 5. The lowest BCUT2D eigenvalue weighted by molar-refractivity contribution is -0.233. The van der Waals surface area contributed by atoms with Crippen LogP contribution < -0.4 is 4.74 Å². The van der Waals surface area contributed by atoms with Gasteiger partial charge in [0.1, 0.15) is 41.2 Å². The minimum atomic E-state index is -1.22. The van der Waals surface area contributed by atoms with Gasteiger partial charge >= 0.3 is 12.2 Å². The molecule has 2 aromatic carbocycles. The fraction of sp³-hybridized carbons (Fsp3) is 0.489. The summed E-state index contributed by atoms with van der Waals surface area (Å²) in [5, 5.41) is 35.6. The van der Waals surface area contributed by atoms with Crippen LogP contribution in [0.4, 0.5) is 9.59 Å².